The second-order valence-electron chi connectivity index (χ2n) is 8.22. The molecule has 2 aliphatic rings. The van der Waals surface area contributed by atoms with Crippen molar-refractivity contribution in [3.63, 3.8) is 0 Å². The van der Waals surface area contributed by atoms with E-state index in [2.05, 4.69) is 27.4 Å². The summed E-state index contributed by atoms with van der Waals surface area (Å²) in [4.78, 5) is 21.5. The third-order valence-electron chi connectivity index (χ3n) is 4.64. The van der Waals surface area contributed by atoms with E-state index in [1.807, 2.05) is 20.8 Å². The molecule has 2 fully saturated rings. The minimum absolute atomic E-state index is 0. The van der Waals surface area contributed by atoms with E-state index in [1.54, 1.807) is 0 Å². The number of hydrogen-bond acceptors (Lipinski definition) is 4. The van der Waals surface area contributed by atoms with Crippen LogP contribution in [0.5, 0.6) is 0 Å². The number of halogens is 1. The van der Waals surface area contributed by atoms with Crippen molar-refractivity contribution in [1.29, 1.82) is 0 Å². The zero-order valence-corrected chi connectivity index (χ0v) is 19.8. The largest absolute Gasteiger partial charge is 0.444 e. The van der Waals surface area contributed by atoms with Crippen LogP contribution >= 0.6 is 24.0 Å². The molecule has 1 atom stereocenters. The lowest BCUT2D eigenvalue weighted by molar-refractivity contribution is 0.0507. The summed E-state index contributed by atoms with van der Waals surface area (Å²) in [5, 5.41) is 6.36. The van der Waals surface area contributed by atoms with Gasteiger partial charge in [0, 0.05) is 26.2 Å². The van der Waals surface area contributed by atoms with Gasteiger partial charge in [-0.2, -0.15) is 0 Å². The van der Waals surface area contributed by atoms with E-state index in [1.165, 1.54) is 25.9 Å². The predicted molar refractivity (Wildman–Crippen MR) is 121 cm³/mol. The monoisotopic (exact) mass is 495 g/mol. The lowest BCUT2D eigenvalue weighted by Crippen LogP contribution is -2.44. The van der Waals surface area contributed by atoms with Crippen molar-refractivity contribution in [2.24, 2.45) is 4.99 Å². The number of hydrogen-bond donors (Lipinski definition) is 2. The molecule has 7 nitrogen and oxygen atoms in total. The molecule has 0 aromatic rings. The first kappa shape index (κ1) is 24.3. The van der Waals surface area contributed by atoms with Crippen LogP contribution < -0.4 is 10.6 Å². The Bertz CT molecular complexity index is 475. The smallest absolute Gasteiger partial charge is 0.407 e. The van der Waals surface area contributed by atoms with Crippen LogP contribution in [0, 0.1) is 0 Å². The van der Waals surface area contributed by atoms with Crippen molar-refractivity contribution < 1.29 is 9.53 Å². The van der Waals surface area contributed by atoms with E-state index in [-0.39, 0.29) is 36.1 Å². The molecule has 27 heavy (non-hydrogen) atoms. The fraction of sp³-hybridized carbons (Fsp3) is 0.895. The first-order chi connectivity index (χ1) is 12.4. The molecular formula is C19H38IN5O2. The summed E-state index contributed by atoms with van der Waals surface area (Å²) in [7, 11) is 0. The molecule has 2 saturated heterocycles. The number of alkyl carbamates (subject to hydrolysis) is 1. The molecule has 158 valence electrons. The average molecular weight is 495 g/mol. The number of ether oxygens (including phenoxy) is 1. The van der Waals surface area contributed by atoms with Gasteiger partial charge in [-0.1, -0.05) is 0 Å². The van der Waals surface area contributed by atoms with E-state index < -0.39 is 5.60 Å². The molecule has 0 aromatic heterocycles. The first-order valence-electron chi connectivity index (χ1n) is 10.1. The SMILES string of the molecule is CCNC(=NCCCN1CCCC1)N1CCC(NC(=O)OC(C)(C)C)C1.I. The fourth-order valence-electron chi connectivity index (χ4n) is 3.46. The molecule has 1 unspecified atom stereocenters. The Morgan fingerprint density at radius 3 is 2.56 bits per heavy atom. The summed E-state index contributed by atoms with van der Waals surface area (Å²) in [6.07, 6.45) is 4.36. The van der Waals surface area contributed by atoms with Crippen molar-refractivity contribution in [1.82, 2.24) is 20.4 Å². The number of nitrogens with one attached hydrogen (secondary N) is 2. The van der Waals surface area contributed by atoms with Gasteiger partial charge in [-0.25, -0.2) is 4.79 Å². The normalized spacial score (nSPS) is 21.1. The fourth-order valence-corrected chi connectivity index (χ4v) is 3.46. The molecule has 2 N–H and O–H groups in total. The number of rotatable bonds is 6. The van der Waals surface area contributed by atoms with Gasteiger partial charge in [0.15, 0.2) is 5.96 Å². The van der Waals surface area contributed by atoms with Gasteiger partial charge in [-0.05, 0) is 73.0 Å². The number of nitrogens with zero attached hydrogens (tertiary/aromatic N) is 3. The van der Waals surface area contributed by atoms with Crippen molar-refractivity contribution in [2.75, 3.05) is 45.8 Å². The minimum atomic E-state index is -0.464. The third kappa shape index (κ3) is 9.32. The number of guanidine groups is 1. The maximum Gasteiger partial charge on any atom is 0.407 e. The van der Waals surface area contributed by atoms with Gasteiger partial charge in [0.05, 0.1) is 6.04 Å². The maximum atomic E-state index is 12.0. The second-order valence-corrected chi connectivity index (χ2v) is 8.22. The molecule has 1 amide bonds. The zero-order chi connectivity index (χ0) is 19.0. The van der Waals surface area contributed by atoms with Gasteiger partial charge in [-0.15, -0.1) is 24.0 Å². The molecule has 0 saturated carbocycles. The lowest BCUT2D eigenvalue weighted by Gasteiger charge is -2.23. The van der Waals surface area contributed by atoms with Gasteiger partial charge >= 0.3 is 6.09 Å². The highest BCUT2D eigenvalue weighted by Gasteiger charge is 2.27. The number of likely N-dealkylation sites (tertiary alicyclic amines) is 2. The molecule has 0 radical (unpaired) electrons. The van der Waals surface area contributed by atoms with Crippen LogP contribution in [0.3, 0.4) is 0 Å². The molecule has 2 rings (SSSR count). The van der Waals surface area contributed by atoms with Crippen molar-refractivity contribution in [3.05, 3.63) is 0 Å². The van der Waals surface area contributed by atoms with Crippen LogP contribution in [0.2, 0.25) is 0 Å². The van der Waals surface area contributed by atoms with Crippen LogP contribution in [0.25, 0.3) is 0 Å². The number of aliphatic imine (C=N–C) groups is 1. The predicted octanol–water partition coefficient (Wildman–Crippen LogP) is 2.65. The standard InChI is InChI=1S/C19H37N5O2.HI/c1-5-20-17(21-10-8-13-23-11-6-7-12-23)24-14-9-16(15-24)22-18(25)26-19(2,3)4;/h16H,5-15H2,1-4H3,(H,20,21)(H,22,25);1H. The van der Waals surface area contributed by atoms with Crippen LogP contribution in [-0.2, 0) is 4.74 Å². The van der Waals surface area contributed by atoms with Gasteiger partial charge in [-0.3, -0.25) is 4.99 Å². The Kier molecular flexibility index (Phi) is 10.7. The summed E-state index contributed by atoms with van der Waals surface area (Å²) in [6, 6.07) is 0.110. The Morgan fingerprint density at radius 1 is 1.22 bits per heavy atom. The Morgan fingerprint density at radius 2 is 1.93 bits per heavy atom. The van der Waals surface area contributed by atoms with Gasteiger partial charge in [0.25, 0.3) is 0 Å². The molecule has 0 spiro atoms. The lowest BCUT2D eigenvalue weighted by atomic mass is 10.2. The Balaban J connectivity index is 0.00000364. The Hall–Kier alpha value is -0.770. The molecule has 8 heteroatoms. The van der Waals surface area contributed by atoms with Gasteiger partial charge in [0.2, 0.25) is 0 Å². The van der Waals surface area contributed by atoms with E-state index in [9.17, 15) is 4.79 Å². The summed E-state index contributed by atoms with van der Waals surface area (Å²) in [6.45, 7) is 14.7. The zero-order valence-electron chi connectivity index (χ0n) is 17.4. The van der Waals surface area contributed by atoms with E-state index in [0.29, 0.717) is 0 Å². The van der Waals surface area contributed by atoms with E-state index in [4.69, 9.17) is 9.73 Å². The van der Waals surface area contributed by atoms with Crippen LogP contribution in [0.4, 0.5) is 4.79 Å². The summed E-state index contributed by atoms with van der Waals surface area (Å²) >= 11 is 0. The molecule has 2 aliphatic heterocycles. The topological polar surface area (TPSA) is 69.2 Å². The van der Waals surface area contributed by atoms with Gasteiger partial charge in [0.1, 0.15) is 5.60 Å². The minimum Gasteiger partial charge on any atom is -0.444 e. The molecule has 0 bridgehead atoms. The van der Waals surface area contributed by atoms with Crippen LogP contribution in [0.15, 0.2) is 4.99 Å². The number of carbonyl (C=O) groups excluding carboxylic acids is 1. The first-order valence-corrected chi connectivity index (χ1v) is 10.1. The number of amides is 1. The highest BCUT2D eigenvalue weighted by atomic mass is 127. The van der Waals surface area contributed by atoms with E-state index in [0.717, 1.165) is 51.5 Å². The quantitative estimate of drug-likeness (QED) is 0.257. The second kappa shape index (κ2) is 11.9. The highest BCUT2D eigenvalue weighted by Crippen LogP contribution is 2.12. The molecule has 2 heterocycles. The van der Waals surface area contributed by atoms with E-state index >= 15 is 0 Å². The maximum absolute atomic E-state index is 12.0. The highest BCUT2D eigenvalue weighted by molar-refractivity contribution is 14.0. The molecule has 0 aliphatic carbocycles. The average Bonchev–Trinajstić information content (AvgIpc) is 3.20. The molecule has 0 aromatic carbocycles. The van der Waals surface area contributed by atoms with Crippen LogP contribution in [0.1, 0.15) is 53.4 Å². The summed E-state index contributed by atoms with van der Waals surface area (Å²) in [5.74, 6) is 0.961. The summed E-state index contributed by atoms with van der Waals surface area (Å²) in [5.41, 5.74) is -0.464. The molecular weight excluding hydrogens is 457 g/mol. The van der Waals surface area contributed by atoms with Crippen molar-refractivity contribution in [2.45, 2.75) is 65.0 Å². The summed E-state index contributed by atoms with van der Waals surface area (Å²) < 4.78 is 5.35. The number of carbonyl (C=O) groups is 1. The van der Waals surface area contributed by atoms with Crippen molar-refractivity contribution in [3.8, 4) is 0 Å². The van der Waals surface area contributed by atoms with Crippen LogP contribution in [-0.4, -0.2) is 79.3 Å². The Labute approximate surface area is 181 Å². The third-order valence-corrected chi connectivity index (χ3v) is 4.64. The van der Waals surface area contributed by atoms with Gasteiger partial charge < -0.3 is 25.2 Å². The van der Waals surface area contributed by atoms with Crippen molar-refractivity contribution >= 4 is 36.0 Å².